The fourth-order valence-corrected chi connectivity index (χ4v) is 3.44. The fraction of sp³-hybridized carbons (Fsp3) is 0.211. The Labute approximate surface area is 170 Å². The first-order valence-corrected chi connectivity index (χ1v) is 9.17. The van der Waals surface area contributed by atoms with E-state index in [1.165, 1.54) is 22.9 Å². The third-order valence-corrected chi connectivity index (χ3v) is 5.05. The van der Waals surface area contributed by atoms with Gasteiger partial charge in [0.15, 0.2) is 5.43 Å². The van der Waals surface area contributed by atoms with E-state index >= 15 is 0 Å². The van der Waals surface area contributed by atoms with Crippen molar-refractivity contribution < 1.29 is 15.0 Å². The normalized spacial score (nSPS) is 11.0. The molecule has 7 nitrogen and oxygen atoms in total. The van der Waals surface area contributed by atoms with E-state index in [2.05, 4.69) is 5.10 Å². The minimum Gasteiger partial charge on any atom is -0.493 e. The summed E-state index contributed by atoms with van der Waals surface area (Å²) in [5.74, 6) is -1.39. The lowest BCUT2D eigenvalue weighted by Gasteiger charge is -2.20. The molecule has 2 aromatic heterocycles. The number of hydrogen-bond donors (Lipinski definition) is 2. The third kappa shape index (κ3) is 3.63. The molecule has 0 aliphatic rings. The Morgan fingerprint density at radius 2 is 1.89 bits per heavy atom. The Morgan fingerprint density at radius 3 is 2.43 bits per heavy atom. The summed E-state index contributed by atoms with van der Waals surface area (Å²) in [6, 6.07) is 7.44. The van der Waals surface area contributed by atoms with Crippen LogP contribution < -0.4 is 5.43 Å². The standard InChI is InChI=1S/C19H17Cl2N3O4/c1-3-23-12(9-24-16(26)6-10(2)22-24)8-15(25)17(19(27)28)18(23)11-4-5-13(20)14(21)7-11/h4-8,26H,3,9H2,1-2H3,(H,27,28). The van der Waals surface area contributed by atoms with E-state index in [1.54, 1.807) is 23.6 Å². The maximum atomic E-state index is 12.6. The maximum absolute atomic E-state index is 12.6. The second kappa shape index (κ2) is 7.69. The first kappa shape index (κ1) is 20.0. The predicted octanol–water partition coefficient (Wildman–Crippen LogP) is 3.80. The van der Waals surface area contributed by atoms with Gasteiger partial charge in [-0.1, -0.05) is 29.3 Å². The van der Waals surface area contributed by atoms with Crippen molar-refractivity contribution in [2.75, 3.05) is 0 Å². The van der Waals surface area contributed by atoms with Crippen LogP contribution in [0.25, 0.3) is 11.3 Å². The minimum atomic E-state index is -1.34. The van der Waals surface area contributed by atoms with Crippen LogP contribution >= 0.6 is 23.2 Å². The number of halogens is 2. The van der Waals surface area contributed by atoms with Gasteiger partial charge in [-0.3, -0.25) is 4.79 Å². The molecule has 0 atom stereocenters. The number of aromatic hydroxyl groups is 1. The van der Waals surface area contributed by atoms with Crippen LogP contribution in [0.1, 0.15) is 28.7 Å². The summed E-state index contributed by atoms with van der Waals surface area (Å²) in [7, 11) is 0. The average molecular weight is 422 g/mol. The number of carboxylic acids is 1. The first-order valence-electron chi connectivity index (χ1n) is 8.41. The molecule has 0 bridgehead atoms. The van der Waals surface area contributed by atoms with Crippen molar-refractivity contribution in [2.45, 2.75) is 26.9 Å². The van der Waals surface area contributed by atoms with Gasteiger partial charge in [-0.2, -0.15) is 5.10 Å². The summed E-state index contributed by atoms with van der Waals surface area (Å²) in [6.45, 7) is 4.04. The Balaban J connectivity index is 2.30. The van der Waals surface area contributed by atoms with E-state index in [4.69, 9.17) is 23.2 Å². The number of aromatic nitrogens is 3. The Kier molecular flexibility index (Phi) is 5.49. The molecule has 0 saturated carbocycles. The van der Waals surface area contributed by atoms with Crippen LogP contribution in [-0.4, -0.2) is 30.5 Å². The minimum absolute atomic E-state index is 0.0500. The van der Waals surface area contributed by atoms with Gasteiger partial charge in [0, 0.05) is 29.9 Å². The monoisotopic (exact) mass is 421 g/mol. The maximum Gasteiger partial charge on any atom is 0.341 e. The number of rotatable bonds is 5. The molecule has 0 aliphatic heterocycles. The lowest BCUT2D eigenvalue weighted by Crippen LogP contribution is -2.24. The van der Waals surface area contributed by atoms with Gasteiger partial charge >= 0.3 is 5.97 Å². The second-order valence-corrected chi connectivity index (χ2v) is 7.02. The van der Waals surface area contributed by atoms with Crippen LogP contribution in [0.3, 0.4) is 0 Å². The summed E-state index contributed by atoms with van der Waals surface area (Å²) in [5, 5.41) is 24.4. The van der Waals surface area contributed by atoms with Crippen LogP contribution in [0.15, 0.2) is 35.1 Å². The van der Waals surface area contributed by atoms with Crippen molar-refractivity contribution in [3.05, 3.63) is 67.6 Å². The van der Waals surface area contributed by atoms with Crippen molar-refractivity contribution in [1.29, 1.82) is 0 Å². The number of aryl methyl sites for hydroxylation is 1. The molecule has 2 heterocycles. The molecular formula is C19H17Cl2N3O4. The number of carboxylic acid groups (broad SMARTS) is 1. The molecule has 0 spiro atoms. The number of pyridine rings is 1. The summed E-state index contributed by atoms with van der Waals surface area (Å²) in [6.07, 6.45) is 0. The summed E-state index contributed by atoms with van der Waals surface area (Å²) < 4.78 is 3.04. The number of benzene rings is 1. The first-order chi connectivity index (χ1) is 13.2. The highest BCUT2D eigenvalue weighted by Gasteiger charge is 2.23. The molecule has 28 heavy (non-hydrogen) atoms. The Morgan fingerprint density at radius 1 is 1.18 bits per heavy atom. The van der Waals surface area contributed by atoms with Crippen LogP contribution in [0.2, 0.25) is 10.0 Å². The van der Waals surface area contributed by atoms with Gasteiger partial charge in [-0.25, -0.2) is 9.48 Å². The van der Waals surface area contributed by atoms with Crippen molar-refractivity contribution in [1.82, 2.24) is 14.3 Å². The third-order valence-electron chi connectivity index (χ3n) is 4.31. The van der Waals surface area contributed by atoms with Crippen molar-refractivity contribution in [3.63, 3.8) is 0 Å². The van der Waals surface area contributed by atoms with Gasteiger partial charge < -0.3 is 14.8 Å². The zero-order valence-corrected chi connectivity index (χ0v) is 16.6. The quantitative estimate of drug-likeness (QED) is 0.652. The van der Waals surface area contributed by atoms with Gasteiger partial charge in [0.25, 0.3) is 0 Å². The molecule has 0 amide bonds. The molecule has 0 radical (unpaired) electrons. The van der Waals surface area contributed by atoms with Crippen LogP contribution in [-0.2, 0) is 13.1 Å². The summed E-state index contributed by atoms with van der Waals surface area (Å²) in [4.78, 5) is 24.5. The lowest BCUT2D eigenvalue weighted by molar-refractivity contribution is 0.0695. The van der Waals surface area contributed by atoms with Crippen LogP contribution in [0, 0.1) is 6.92 Å². The van der Waals surface area contributed by atoms with Crippen molar-refractivity contribution in [2.24, 2.45) is 0 Å². The molecule has 3 rings (SSSR count). The number of hydrogen-bond acceptors (Lipinski definition) is 4. The smallest absolute Gasteiger partial charge is 0.341 e. The molecule has 0 aliphatic carbocycles. The number of nitrogens with zero attached hydrogens (tertiary/aromatic N) is 3. The van der Waals surface area contributed by atoms with Gasteiger partial charge in [-0.05, 0) is 26.0 Å². The average Bonchev–Trinajstić information content (AvgIpc) is 2.93. The highest BCUT2D eigenvalue weighted by molar-refractivity contribution is 6.42. The van der Waals surface area contributed by atoms with Gasteiger partial charge in [0.05, 0.1) is 28.0 Å². The van der Waals surface area contributed by atoms with Gasteiger partial charge in [0.1, 0.15) is 5.56 Å². The van der Waals surface area contributed by atoms with E-state index < -0.39 is 11.4 Å². The van der Waals surface area contributed by atoms with Crippen LogP contribution in [0.5, 0.6) is 5.88 Å². The molecule has 0 saturated heterocycles. The fourth-order valence-electron chi connectivity index (χ4n) is 3.14. The number of carbonyl (C=O) groups is 1. The SMILES string of the molecule is CCn1c(Cn2nc(C)cc2O)cc(=O)c(C(=O)O)c1-c1ccc(Cl)c(Cl)c1. The van der Waals surface area contributed by atoms with Gasteiger partial charge in [-0.15, -0.1) is 0 Å². The Bertz CT molecular complexity index is 1130. The largest absolute Gasteiger partial charge is 0.493 e. The van der Waals surface area contributed by atoms with E-state index in [0.717, 1.165) is 0 Å². The molecule has 146 valence electrons. The molecule has 0 unspecified atom stereocenters. The summed E-state index contributed by atoms with van der Waals surface area (Å²) in [5.41, 5.74) is 0.793. The van der Waals surface area contributed by atoms with Gasteiger partial charge in [0.2, 0.25) is 5.88 Å². The topological polar surface area (TPSA) is 97.4 Å². The number of aromatic carboxylic acids is 1. The van der Waals surface area contributed by atoms with E-state index in [-0.39, 0.29) is 28.7 Å². The van der Waals surface area contributed by atoms with E-state index in [9.17, 15) is 19.8 Å². The van der Waals surface area contributed by atoms with Crippen LogP contribution in [0.4, 0.5) is 0 Å². The second-order valence-electron chi connectivity index (χ2n) is 6.20. The highest BCUT2D eigenvalue weighted by atomic mass is 35.5. The van der Waals surface area contributed by atoms with Crippen molar-refractivity contribution >= 4 is 29.2 Å². The van der Waals surface area contributed by atoms with E-state index in [0.29, 0.717) is 28.5 Å². The molecule has 9 heteroatoms. The van der Waals surface area contributed by atoms with Crippen molar-refractivity contribution in [3.8, 4) is 17.1 Å². The summed E-state index contributed by atoms with van der Waals surface area (Å²) >= 11 is 12.1. The lowest BCUT2D eigenvalue weighted by atomic mass is 10.0. The molecule has 0 fully saturated rings. The predicted molar refractivity (Wildman–Crippen MR) is 107 cm³/mol. The Hall–Kier alpha value is -2.77. The zero-order chi connectivity index (χ0) is 20.6. The van der Waals surface area contributed by atoms with E-state index in [1.807, 2.05) is 6.92 Å². The zero-order valence-electron chi connectivity index (χ0n) is 15.1. The molecule has 2 N–H and O–H groups in total. The molecular weight excluding hydrogens is 405 g/mol. The highest BCUT2D eigenvalue weighted by Crippen LogP contribution is 2.31. The molecule has 1 aromatic carbocycles. The molecule has 3 aromatic rings.